The summed E-state index contributed by atoms with van der Waals surface area (Å²) in [6.45, 7) is 21.1. The lowest BCUT2D eigenvalue weighted by atomic mass is 10.0. The summed E-state index contributed by atoms with van der Waals surface area (Å²) in [5.74, 6) is 1.72. The Morgan fingerprint density at radius 2 is 0.654 bits per heavy atom. The van der Waals surface area contributed by atoms with Crippen molar-refractivity contribution in [2.45, 2.75) is 136 Å². The Morgan fingerprint density at radius 1 is 0.577 bits per heavy atom. The van der Waals surface area contributed by atoms with Crippen LogP contribution in [0.3, 0.4) is 0 Å². The Balaban J connectivity index is -0.0000000254. The molecule has 1 aliphatic carbocycles. The van der Waals surface area contributed by atoms with Gasteiger partial charge < -0.3 is 4.90 Å². The van der Waals surface area contributed by atoms with E-state index in [-0.39, 0.29) is 22.3 Å². The molecule has 1 saturated carbocycles. The fraction of sp³-hybridized carbons (Fsp3) is 1.00. The van der Waals surface area contributed by atoms with Crippen LogP contribution in [-0.2, 0) is 0 Å². The van der Waals surface area contributed by atoms with E-state index in [1.807, 2.05) is 53.7 Å². The molecule has 0 spiro atoms. The van der Waals surface area contributed by atoms with E-state index in [0.29, 0.717) is 0 Å². The van der Waals surface area contributed by atoms with Crippen molar-refractivity contribution in [3.63, 3.8) is 0 Å². The van der Waals surface area contributed by atoms with Gasteiger partial charge in [-0.3, -0.25) is 0 Å². The van der Waals surface area contributed by atoms with Gasteiger partial charge in [0, 0.05) is 0 Å². The van der Waals surface area contributed by atoms with Crippen LogP contribution in [0.15, 0.2) is 0 Å². The van der Waals surface area contributed by atoms with Gasteiger partial charge in [0.05, 0.1) is 0 Å². The molecule has 0 atom stereocenters. The van der Waals surface area contributed by atoms with E-state index in [1.165, 1.54) is 44.9 Å². The van der Waals surface area contributed by atoms with E-state index in [2.05, 4.69) is 41.5 Å². The van der Waals surface area contributed by atoms with Gasteiger partial charge in [-0.2, -0.15) is 0 Å². The van der Waals surface area contributed by atoms with Gasteiger partial charge in [0.25, 0.3) is 0 Å². The fourth-order valence-electron chi connectivity index (χ4n) is 1.06. The summed E-state index contributed by atoms with van der Waals surface area (Å²) in [6, 6.07) is 0. The maximum absolute atomic E-state index is 2.22. The standard InChI is InChI=1S/C6H12.C5H12.C4H10.C3H9N.2C2H6.3CH4/c1-2-4-6-5-3-1;1-4-5(2)3;2*1-4(2)3;2*1-2;;;/h1-6H2;5H,4H2,1-3H3;4H,1-3H3;1-3H3;2*1-2H3;3*1H4. The van der Waals surface area contributed by atoms with Crippen molar-refractivity contribution < 1.29 is 0 Å². The monoisotopic (exact) mass is 382 g/mol. The highest BCUT2D eigenvalue weighted by atomic mass is 15.0. The zero-order valence-electron chi connectivity index (χ0n) is 19.6. The van der Waals surface area contributed by atoms with Gasteiger partial charge in [0.2, 0.25) is 0 Å². The molecule has 0 amide bonds. The average molecular weight is 382 g/mol. The second-order valence-corrected chi connectivity index (χ2v) is 7.00. The van der Waals surface area contributed by atoms with Crippen LogP contribution in [0.5, 0.6) is 0 Å². The summed E-state index contributed by atoms with van der Waals surface area (Å²) >= 11 is 0. The Hall–Kier alpha value is -0.0400. The van der Waals surface area contributed by atoms with E-state index in [1.54, 1.807) is 0 Å². The predicted octanol–water partition coefficient (Wildman–Crippen LogP) is 10.2. The van der Waals surface area contributed by atoms with Crippen LogP contribution in [0.25, 0.3) is 0 Å². The first-order chi connectivity index (χ1) is 10.7. The van der Waals surface area contributed by atoms with Crippen molar-refractivity contribution in [1.82, 2.24) is 4.90 Å². The summed E-state index contributed by atoms with van der Waals surface area (Å²) in [5, 5.41) is 0. The highest BCUT2D eigenvalue weighted by Gasteiger charge is 1.95. The molecule has 0 aromatic rings. The molecule has 26 heavy (non-hydrogen) atoms. The van der Waals surface area contributed by atoms with Crippen molar-refractivity contribution >= 4 is 0 Å². The predicted molar refractivity (Wildman–Crippen MR) is 136 cm³/mol. The molecule has 0 aliphatic heterocycles. The molecule has 1 aliphatic rings. The summed E-state index contributed by atoms with van der Waals surface area (Å²) in [4.78, 5) is 2.00. The lowest BCUT2D eigenvalue weighted by molar-refractivity contribution is 0.504. The minimum atomic E-state index is 0. The molecule has 1 rings (SSSR count). The third-order valence-electron chi connectivity index (χ3n) is 2.32. The molecular formula is C25H67N. The van der Waals surface area contributed by atoms with Gasteiger partial charge in [-0.05, 0) is 33.0 Å². The highest BCUT2D eigenvalue weighted by Crippen LogP contribution is 2.15. The first-order valence-electron chi connectivity index (χ1n) is 10.3. The third-order valence-corrected chi connectivity index (χ3v) is 2.32. The van der Waals surface area contributed by atoms with Gasteiger partial charge >= 0.3 is 0 Å². The molecule has 1 heteroatoms. The maximum Gasteiger partial charge on any atom is -0.0140 e. The molecule has 0 N–H and O–H groups in total. The van der Waals surface area contributed by atoms with Crippen LogP contribution >= 0.6 is 0 Å². The van der Waals surface area contributed by atoms with Gasteiger partial charge in [-0.1, -0.05) is 136 Å². The smallest absolute Gasteiger partial charge is 0.0140 e. The summed E-state index contributed by atoms with van der Waals surface area (Å²) in [5.41, 5.74) is 0. The van der Waals surface area contributed by atoms with Gasteiger partial charge in [0.15, 0.2) is 0 Å². The van der Waals surface area contributed by atoms with Crippen LogP contribution in [0, 0.1) is 11.8 Å². The van der Waals surface area contributed by atoms with Gasteiger partial charge in [-0.25, -0.2) is 0 Å². The Morgan fingerprint density at radius 3 is 0.692 bits per heavy atom. The molecular weight excluding hydrogens is 314 g/mol. The molecule has 172 valence electrons. The number of hydrogen-bond donors (Lipinski definition) is 0. The number of nitrogens with zero attached hydrogens (tertiary/aromatic N) is 1. The third kappa shape index (κ3) is 199. The molecule has 0 aromatic heterocycles. The van der Waals surface area contributed by atoms with Crippen molar-refractivity contribution in [2.24, 2.45) is 11.8 Å². The number of rotatable bonds is 1. The molecule has 1 fully saturated rings. The minimum Gasteiger partial charge on any atom is -0.312 e. The zero-order valence-corrected chi connectivity index (χ0v) is 19.6. The van der Waals surface area contributed by atoms with Crippen molar-refractivity contribution in [3.8, 4) is 0 Å². The molecule has 0 bridgehead atoms. The number of hydrogen-bond acceptors (Lipinski definition) is 1. The van der Waals surface area contributed by atoms with Crippen LogP contribution in [0.4, 0.5) is 0 Å². The van der Waals surface area contributed by atoms with Crippen LogP contribution in [-0.4, -0.2) is 26.0 Å². The molecule has 0 saturated heterocycles. The van der Waals surface area contributed by atoms with Crippen LogP contribution < -0.4 is 0 Å². The molecule has 1 nitrogen and oxygen atoms in total. The van der Waals surface area contributed by atoms with E-state index < -0.39 is 0 Å². The first kappa shape index (κ1) is 50.1. The first-order valence-corrected chi connectivity index (χ1v) is 10.3. The van der Waals surface area contributed by atoms with Crippen molar-refractivity contribution in [3.05, 3.63) is 0 Å². The zero-order chi connectivity index (χ0) is 19.7. The normalized spacial score (nSPS) is 10.6. The largest absolute Gasteiger partial charge is 0.312 e. The van der Waals surface area contributed by atoms with Crippen LogP contribution in [0.2, 0.25) is 0 Å². The van der Waals surface area contributed by atoms with E-state index >= 15 is 0 Å². The second kappa shape index (κ2) is 56.3. The summed E-state index contributed by atoms with van der Waals surface area (Å²) in [7, 11) is 6.00. The Bertz CT molecular complexity index is 101. The lowest BCUT2D eigenvalue weighted by Crippen LogP contribution is -1.99. The summed E-state index contributed by atoms with van der Waals surface area (Å²) in [6.07, 6.45) is 10.3. The van der Waals surface area contributed by atoms with E-state index in [0.717, 1.165) is 11.8 Å². The molecule has 0 radical (unpaired) electrons. The van der Waals surface area contributed by atoms with Gasteiger partial charge in [0.1, 0.15) is 0 Å². The summed E-state index contributed by atoms with van der Waals surface area (Å²) < 4.78 is 0. The lowest BCUT2D eigenvalue weighted by Gasteiger charge is -2.05. The quantitative estimate of drug-likeness (QED) is 0.436. The SMILES string of the molecule is C.C.C.C1CCCCC1.CC.CC.CC(C)C.CCC(C)C.CN(C)C. The van der Waals surface area contributed by atoms with Gasteiger partial charge in [-0.15, -0.1) is 0 Å². The molecule has 0 heterocycles. The second-order valence-electron chi connectivity index (χ2n) is 7.00. The Labute approximate surface area is 174 Å². The van der Waals surface area contributed by atoms with E-state index in [9.17, 15) is 0 Å². The average Bonchev–Trinajstić information content (AvgIpc) is 2.52. The molecule has 0 aromatic carbocycles. The maximum atomic E-state index is 2.22. The topological polar surface area (TPSA) is 3.24 Å². The van der Waals surface area contributed by atoms with Crippen molar-refractivity contribution in [2.75, 3.05) is 21.1 Å². The van der Waals surface area contributed by atoms with Crippen LogP contribution in [0.1, 0.15) is 136 Å². The van der Waals surface area contributed by atoms with E-state index in [4.69, 9.17) is 0 Å². The van der Waals surface area contributed by atoms with Crippen molar-refractivity contribution in [1.29, 1.82) is 0 Å². The Kier molecular flexibility index (Phi) is 108. The fourth-order valence-corrected chi connectivity index (χ4v) is 1.06. The molecule has 0 unspecified atom stereocenters. The minimum absolute atomic E-state index is 0. The highest BCUT2D eigenvalue weighted by molar-refractivity contribution is 4.51.